The molecule has 128 valence electrons. The van der Waals surface area contributed by atoms with E-state index in [-0.39, 0.29) is 17.9 Å². The van der Waals surface area contributed by atoms with Crippen LogP contribution in [0.1, 0.15) is 29.2 Å². The number of hydrogen-bond acceptors (Lipinski definition) is 6. The molecule has 7 heteroatoms. The molecule has 2 aromatic rings. The first-order valence-corrected chi connectivity index (χ1v) is 8.74. The van der Waals surface area contributed by atoms with Crippen molar-refractivity contribution in [2.75, 3.05) is 5.75 Å². The Bertz CT molecular complexity index is 813. The van der Waals surface area contributed by atoms with Crippen molar-refractivity contribution in [3.8, 4) is 6.07 Å². The molecule has 1 aromatic heterocycles. The molecule has 2 heterocycles. The van der Waals surface area contributed by atoms with E-state index in [1.807, 2.05) is 6.07 Å². The highest BCUT2D eigenvalue weighted by Crippen LogP contribution is 2.41. The van der Waals surface area contributed by atoms with Crippen LogP contribution in [0.2, 0.25) is 0 Å². The van der Waals surface area contributed by atoms with Gasteiger partial charge in [0.15, 0.2) is 0 Å². The van der Waals surface area contributed by atoms with Crippen LogP contribution in [0.3, 0.4) is 0 Å². The molecular weight excluding hydrogens is 340 g/mol. The highest BCUT2D eigenvalue weighted by Gasteiger charge is 2.43. The summed E-state index contributed by atoms with van der Waals surface area (Å²) in [5.41, 5.74) is 1.24. The summed E-state index contributed by atoms with van der Waals surface area (Å²) in [7, 11) is 0. The number of nitriles is 1. The van der Waals surface area contributed by atoms with Gasteiger partial charge in [0.2, 0.25) is 5.91 Å². The summed E-state index contributed by atoms with van der Waals surface area (Å²) in [5.74, 6) is 0.415. The Hall–Kier alpha value is -2.72. The molecule has 0 radical (unpaired) electrons. The Kier molecular flexibility index (Phi) is 5.10. The van der Waals surface area contributed by atoms with Gasteiger partial charge in [-0.2, -0.15) is 5.26 Å². The second-order valence-corrected chi connectivity index (χ2v) is 6.68. The largest absolute Gasteiger partial charge is 0.466 e. The van der Waals surface area contributed by atoms with Gasteiger partial charge in [-0.05, 0) is 29.8 Å². The number of thioether (sulfide) groups is 1. The maximum absolute atomic E-state index is 12.5. The SMILES string of the molecule is CC(=O)N1[C@@H](c2ccco2)SC[C@H]1C(=O)OCc1cccc(C#N)c1. The molecule has 1 aliphatic heterocycles. The average molecular weight is 356 g/mol. The van der Waals surface area contributed by atoms with E-state index in [4.69, 9.17) is 14.4 Å². The molecule has 1 saturated heterocycles. The van der Waals surface area contributed by atoms with Gasteiger partial charge in [0, 0.05) is 12.7 Å². The predicted molar refractivity (Wildman–Crippen MR) is 91.2 cm³/mol. The van der Waals surface area contributed by atoms with Crippen molar-refractivity contribution < 1.29 is 18.7 Å². The van der Waals surface area contributed by atoms with Gasteiger partial charge in [0.05, 0.1) is 17.9 Å². The summed E-state index contributed by atoms with van der Waals surface area (Å²) in [5, 5.41) is 8.59. The van der Waals surface area contributed by atoms with Crippen LogP contribution in [0.25, 0.3) is 0 Å². The van der Waals surface area contributed by atoms with E-state index in [0.29, 0.717) is 17.1 Å². The third-order valence-corrected chi connectivity index (χ3v) is 5.14. The lowest BCUT2D eigenvalue weighted by atomic mass is 10.1. The number of carbonyl (C=O) groups is 2. The highest BCUT2D eigenvalue weighted by atomic mass is 32.2. The van der Waals surface area contributed by atoms with Crippen LogP contribution in [0.4, 0.5) is 0 Å². The fourth-order valence-electron chi connectivity index (χ4n) is 2.70. The van der Waals surface area contributed by atoms with Crippen LogP contribution in [0.5, 0.6) is 0 Å². The first-order valence-electron chi connectivity index (χ1n) is 7.69. The monoisotopic (exact) mass is 356 g/mol. The number of furan rings is 1. The van der Waals surface area contributed by atoms with E-state index in [0.717, 1.165) is 5.56 Å². The summed E-state index contributed by atoms with van der Waals surface area (Å²) in [6, 6.07) is 11.8. The standard InChI is InChI=1S/C18H16N2O4S/c1-12(21)20-15(11-25-17(20)16-6-3-7-23-16)18(22)24-10-14-5-2-4-13(8-14)9-19/h2-8,15,17H,10-11H2,1H3/t15-,17+/m0/s1. The molecule has 25 heavy (non-hydrogen) atoms. The third kappa shape index (κ3) is 3.69. The van der Waals surface area contributed by atoms with E-state index in [2.05, 4.69) is 0 Å². The fraction of sp³-hybridized carbons (Fsp3) is 0.278. The first-order chi connectivity index (χ1) is 12.1. The summed E-state index contributed by atoms with van der Waals surface area (Å²) in [6.07, 6.45) is 1.54. The molecule has 0 N–H and O–H groups in total. The van der Waals surface area contributed by atoms with Crippen LogP contribution < -0.4 is 0 Å². The van der Waals surface area contributed by atoms with Gasteiger partial charge in [-0.15, -0.1) is 11.8 Å². The second kappa shape index (κ2) is 7.45. The molecule has 1 aromatic carbocycles. The highest BCUT2D eigenvalue weighted by molar-refractivity contribution is 7.99. The van der Waals surface area contributed by atoms with Crippen molar-refractivity contribution in [3.05, 3.63) is 59.5 Å². The van der Waals surface area contributed by atoms with E-state index < -0.39 is 12.0 Å². The number of esters is 1. The predicted octanol–water partition coefficient (Wildman–Crippen LogP) is 2.86. The zero-order chi connectivity index (χ0) is 17.8. The number of rotatable bonds is 4. The van der Waals surface area contributed by atoms with E-state index >= 15 is 0 Å². The summed E-state index contributed by atoms with van der Waals surface area (Å²) in [4.78, 5) is 26.0. The minimum atomic E-state index is -0.656. The molecule has 1 amide bonds. The van der Waals surface area contributed by atoms with Gasteiger partial charge >= 0.3 is 5.97 Å². The number of carbonyl (C=O) groups excluding carboxylic acids is 2. The lowest BCUT2D eigenvalue weighted by molar-refractivity contribution is -0.154. The quantitative estimate of drug-likeness (QED) is 0.783. The molecule has 6 nitrogen and oxygen atoms in total. The zero-order valence-electron chi connectivity index (χ0n) is 13.5. The Morgan fingerprint density at radius 2 is 2.24 bits per heavy atom. The van der Waals surface area contributed by atoms with Gasteiger partial charge < -0.3 is 14.1 Å². The smallest absolute Gasteiger partial charge is 0.330 e. The minimum Gasteiger partial charge on any atom is -0.466 e. The van der Waals surface area contributed by atoms with Gasteiger partial charge in [-0.3, -0.25) is 4.79 Å². The summed E-state index contributed by atoms with van der Waals surface area (Å²) in [6.45, 7) is 1.49. The van der Waals surface area contributed by atoms with Gasteiger partial charge in [0.25, 0.3) is 0 Å². The molecule has 0 saturated carbocycles. The number of nitrogens with zero attached hydrogens (tertiary/aromatic N) is 2. The molecule has 3 rings (SSSR count). The molecule has 0 bridgehead atoms. The zero-order valence-corrected chi connectivity index (χ0v) is 14.4. The Morgan fingerprint density at radius 1 is 1.40 bits per heavy atom. The molecule has 1 aliphatic rings. The lowest BCUT2D eigenvalue weighted by Gasteiger charge is -2.25. The van der Waals surface area contributed by atoms with Crippen LogP contribution in [0.15, 0.2) is 47.1 Å². The number of amides is 1. The van der Waals surface area contributed by atoms with Crippen molar-refractivity contribution in [3.63, 3.8) is 0 Å². The average Bonchev–Trinajstić information content (AvgIpc) is 3.28. The van der Waals surface area contributed by atoms with Crippen LogP contribution in [-0.4, -0.2) is 28.6 Å². The fourth-order valence-corrected chi connectivity index (χ4v) is 4.12. The topological polar surface area (TPSA) is 83.5 Å². The van der Waals surface area contributed by atoms with Crippen LogP contribution in [-0.2, 0) is 20.9 Å². The van der Waals surface area contributed by atoms with E-state index in [1.165, 1.54) is 23.6 Å². The summed E-state index contributed by atoms with van der Waals surface area (Å²) >= 11 is 1.47. The van der Waals surface area contributed by atoms with Crippen molar-refractivity contribution in [1.29, 1.82) is 5.26 Å². The molecular formula is C18H16N2O4S. The van der Waals surface area contributed by atoms with Crippen molar-refractivity contribution in [2.45, 2.75) is 24.9 Å². The van der Waals surface area contributed by atoms with E-state index in [1.54, 1.807) is 42.7 Å². The van der Waals surface area contributed by atoms with Gasteiger partial charge in [-0.1, -0.05) is 12.1 Å². The van der Waals surface area contributed by atoms with Crippen molar-refractivity contribution >= 4 is 23.6 Å². The van der Waals surface area contributed by atoms with Crippen LogP contribution >= 0.6 is 11.8 Å². The Labute approximate surface area is 149 Å². The maximum atomic E-state index is 12.5. The van der Waals surface area contributed by atoms with Gasteiger partial charge in [-0.25, -0.2) is 4.79 Å². The van der Waals surface area contributed by atoms with E-state index in [9.17, 15) is 9.59 Å². The first kappa shape index (κ1) is 17.1. The molecule has 1 fully saturated rings. The third-order valence-electron chi connectivity index (χ3n) is 3.86. The minimum absolute atomic E-state index is 0.0622. The van der Waals surface area contributed by atoms with Crippen LogP contribution in [0, 0.1) is 11.3 Å². The molecule has 2 atom stereocenters. The molecule has 0 aliphatic carbocycles. The normalized spacial score (nSPS) is 19.4. The lowest BCUT2D eigenvalue weighted by Crippen LogP contribution is -2.42. The Morgan fingerprint density at radius 3 is 2.92 bits per heavy atom. The number of hydrogen-bond donors (Lipinski definition) is 0. The summed E-state index contributed by atoms with van der Waals surface area (Å²) < 4.78 is 10.8. The second-order valence-electron chi connectivity index (χ2n) is 5.56. The molecule has 0 spiro atoms. The Balaban J connectivity index is 1.68. The number of benzene rings is 1. The van der Waals surface area contributed by atoms with Gasteiger partial charge in [0.1, 0.15) is 23.8 Å². The molecule has 0 unspecified atom stereocenters. The van der Waals surface area contributed by atoms with Crippen molar-refractivity contribution in [2.24, 2.45) is 0 Å². The number of ether oxygens (including phenoxy) is 1. The van der Waals surface area contributed by atoms with Crippen molar-refractivity contribution in [1.82, 2.24) is 4.90 Å². The maximum Gasteiger partial charge on any atom is 0.330 e.